The van der Waals surface area contributed by atoms with Crippen LogP contribution in [0.1, 0.15) is 33.5 Å². The average Bonchev–Trinajstić information content (AvgIpc) is 3.54. The Hall–Kier alpha value is -4.59. The molecule has 1 amide bonds. The van der Waals surface area contributed by atoms with E-state index in [0.29, 0.717) is 36.7 Å². The lowest BCUT2D eigenvalue weighted by atomic mass is 10.0. The summed E-state index contributed by atoms with van der Waals surface area (Å²) in [5, 5.41) is 5.98. The van der Waals surface area contributed by atoms with Crippen LogP contribution in [-0.2, 0) is 17.8 Å². The summed E-state index contributed by atoms with van der Waals surface area (Å²) in [6.07, 6.45) is 8.24. The smallest absolute Gasteiger partial charge is 0.255 e. The van der Waals surface area contributed by atoms with Gasteiger partial charge in [-0.25, -0.2) is 9.37 Å². The third-order valence-corrected chi connectivity index (χ3v) is 6.10. The first-order chi connectivity index (χ1) is 18.1. The van der Waals surface area contributed by atoms with Crippen LogP contribution in [0, 0.1) is 5.82 Å². The fourth-order valence-electron chi connectivity index (χ4n) is 4.23. The highest BCUT2D eigenvalue weighted by Crippen LogP contribution is 2.33. The van der Waals surface area contributed by atoms with E-state index < -0.39 is 0 Å². The van der Waals surface area contributed by atoms with E-state index in [1.54, 1.807) is 36.7 Å². The van der Waals surface area contributed by atoms with Crippen molar-refractivity contribution in [3.8, 4) is 5.75 Å². The molecule has 0 fully saturated rings. The third-order valence-electron chi connectivity index (χ3n) is 6.10. The zero-order valence-corrected chi connectivity index (χ0v) is 20.0. The number of nitrogens with zero attached hydrogens (tertiary/aromatic N) is 2. The maximum Gasteiger partial charge on any atom is 0.255 e. The first-order valence-corrected chi connectivity index (χ1v) is 12.0. The van der Waals surface area contributed by atoms with Crippen molar-refractivity contribution >= 4 is 29.3 Å². The van der Waals surface area contributed by atoms with Crippen LogP contribution < -0.4 is 15.4 Å². The number of hydrogen-bond donors (Lipinski definition) is 2. The Morgan fingerprint density at radius 1 is 1.14 bits per heavy atom. The molecule has 0 atom stereocenters. The van der Waals surface area contributed by atoms with Crippen molar-refractivity contribution in [1.82, 2.24) is 10.3 Å². The van der Waals surface area contributed by atoms with Crippen LogP contribution in [0.2, 0.25) is 0 Å². The first-order valence-electron chi connectivity index (χ1n) is 12.0. The molecule has 2 aliphatic rings. The number of aromatic nitrogens is 1. The van der Waals surface area contributed by atoms with Crippen LogP contribution in [0.25, 0.3) is 5.57 Å². The van der Waals surface area contributed by atoms with E-state index in [1.807, 2.05) is 30.5 Å². The lowest BCUT2D eigenvalue weighted by Gasteiger charge is -2.12. The number of fused-ring (bicyclic) bond motifs is 1. The standard InChI is InChI=1S/C29H25FN4O3/c30-22-5-3-19(4-6-22)18-34-29(36)25-2-1-10-32-28(25)33-12-13-37-23-7-8-24-21(15-23)16-27(35)26(24)14-20-9-11-31-17-20/h1-8,10-11,14-15,17H,9,12-13,16,18H2,(H,32,33)(H,34,36)/b26-14-. The van der Waals surface area contributed by atoms with Crippen molar-refractivity contribution in [2.45, 2.75) is 19.4 Å². The Balaban J connectivity index is 1.15. The van der Waals surface area contributed by atoms with Crippen molar-refractivity contribution in [3.63, 3.8) is 0 Å². The molecule has 2 N–H and O–H groups in total. The summed E-state index contributed by atoms with van der Waals surface area (Å²) < 4.78 is 19.0. The van der Waals surface area contributed by atoms with E-state index in [2.05, 4.69) is 20.6 Å². The van der Waals surface area contributed by atoms with Gasteiger partial charge in [0, 0.05) is 43.6 Å². The van der Waals surface area contributed by atoms with Crippen LogP contribution in [0.4, 0.5) is 10.2 Å². The Kier molecular flexibility index (Phi) is 7.16. The van der Waals surface area contributed by atoms with E-state index in [0.717, 1.165) is 34.3 Å². The van der Waals surface area contributed by atoms with Gasteiger partial charge in [-0.1, -0.05) is 18.2 Å². The molecule has 1 aliphatic carbocycles. The molecule has 0 saturated carbocycles. The number of benzene rings is 2. The van der Waals surface area contributed by atoms with Crippen molar-refractivity contribution in [1.29, 1.82) is 0 Å². The molecule has 2 aromatic carbocycles. The van der Waals surface area contributed by atoms with Crippen LogP contribution in [-0.4, -0.2) is 36.0 Å². The number of aliphatic imine (C=N–C) groups is 1. The van der Waals surface area contributed by atoms with Crippen molar-refractivity contribution in [2.75, 3.05) is 18.5 Å². The first kappa shape index (κ1) is 24.1. The molecular formula is C29H25FN4O3. The molecule has 186 valence electrons. The van der Waals surface area contributed by atoms with E-state index in [4.69, 9.17) is 4.74 Å². The maximum atomic E-state index is 13.1. The Bertz CT molecular complexity index is 1430. The molecule has 0 saturated heterocycles. The topological polar surface area (TPSA) is 92.7 Å². The molecule has 37 heavy (non-hydrogen) atoms. The van der Waals surface area contributed by atoms with Crippen LogP contribution >= 0.6 is 0 Å². The van der Waals surface area contributed by atoms with E-state index in [1.165, 1.54) is 12.1 Å². The predicted molar refractivity (Wildman–Crippen MR) is 140 cm³/mol. The number of carbonyl (C=O) groups excluding carboxylic acids is 2. The zero-order valence-electron chi connectivity index (χ0n) is 20.0. The summed E-state index contributed by atoms with van der Waals surface area (Å²) in [4.78, 5) is 33.6. The summed E-state index contributed by atoms with van der Waals surface area (Å²) in [5.74, 6) is 0.618. The van der Waals surface area contributed by atoms with Crippen LogP contribution in [0.3, 0.4) is 0 Å². The van der Waals surface area contributed by atoms with Crippen molar-refractivity contribution in [3.05, 3.63) is 107 Å². The second kappa shape index (κ2) is 11.0. The number of carbonyl (C=O) groups is 2. The highest BCUT2D eigenvalue weighted by Gasteiger charge is 2.25. The summed E-state index contributed by atoms with van der Waals surface area (Å²) in [7, 11) is 0. The summed E-state index contributed by atoms with van der Waals surface area (Å²) in [6.45, 7) is 1.04. The normalized spacial score (nSPS) is 15.0. The van der Waals surface area contributed by atoms with Gasteiger partial charge in [-0.2, -0.15) is 0 Å². The van der Waals surface area contributed by atoms with Gasteiger partial charge in [0.2, 0.25) is 0 Å². The van der Waals surface area contributed by atoms with Crippen molar-refractivity contribution < 1.29 is 18.7 Å². The second-order valence-corrected chi connectivity index (χ2v) is 8.70. The number of anilines is 1. The second-order valence-electron chi connectivity index (χ2n) is 8.70. The SMILES string of the molecule is O=C1Cc2cc(OCCNc3ncccc3C(=O)NCc3ccc(F)cc3)ccc2/C1=C/C1=CN=CC1. The molecular weight excluding hydrogens is 471 g/mol. The minimum Gasteiger partial charge on any atom is -0.492 e. The number of halogens is 1. The Morgan fingerprint density at radius 2 is 2.00 bits per heavy atom. The number of rotatable bonds is 9. The molecule has 0 unspecified atom stereocenters. The molecule has 7 nitrogen and oxygen atoms in total. The quantitative estimate of drug-likeness (QED) is 0.336. The lowest BCUT2D eigenvalue weighted by molar-refractivity contribution is -0.112. The number of nitrogens with one attached hydrogen (secondary N) is 2. The number of amides is 1. The highest BCUT2D eigenvalue weighted by molar-refractivity contribution is 6.26. The highest BCUT2D eigenvalue weighted by atomic mass is 19.1. The number of ether oxygens (including phenoxy) is 1. The zero-order chi connectivity index (χ0) is 25.6. The molecule has 0 spiro atoms. The molecule has 3 aromatic rings. The molecule has 1 aliphatic heterocycles. The van der Waals surface area contributed by atoms with Crippen LogP contribution in [0.15, 0.2) is 83.6 Å². The van der Waals surface area contributed by atoms with Gasteiger partial charge in [0.05, 0.1) is 12.1 Å². The van der Waals surface area contributed by atoms with E-state index in [-0.39, 0.29) is 24.1 Å². The van der Waals surface area contributed by atoms with Gasteiger partial charge in [0.1, 0.15) is 24.0 Å². The van der Waals surface area contributed by atoms with Gasteiger partial charge in [0.25, 0.3) is 5.91 Å². The maximum absolute atomic E-state index is 13.1. The van der Waals surface area contributed by atoms with Gasteiger partial charge >= 0.3 is 0 Å². The molecule has 1 aromatic heterocycles. The number of hydrogen-bond acceptors (Lipinski definition) is 6. The van der Waals surface area contributed by atoms with Gasteiger partial charge in [-0.05, 0) is 64.7 Å². The van der Waals surface area contributed by atoms with Crippen molar-refractivity contribution in [2.24, 2.45) is 4.99 Å². The lowest BCUT2D eigenvalue weighted by Crippen LogP contribution is -2.25. The molecule has 8 heteroatoms. The number of ketones is 1. The Morgan fingerprint density at radius 3 is 2.81 bits per heavy atom. The average molecular weight is 497 g/mol. The summed E-state index contributed by atoms with van der Waals surface area (Å²) in [5.41, 5.74) is 4.84. The number of allylic oxidation sites excluding steroid dienone is 3. The van der Waals surface area contributed by atoms with E-state index >= 15 is 0 Å². The minimum absolute atomic E-state index is 0.0991. The van der Waals surface area contributed by atoms with Gasteiger partial charge in [0.15, 0.2) is 5.78 Å². The number of pyridine rings is 1. The van der Waals surface area contributed by atoms with Gasteiger partial charge < -0.3 is 15.4 Å². The van der Waals surface area contributed by atoms with Gasteiger partial charge in [-0.15, -0.1) is 0 Å². The van der Waals surface area contributed by atoms with Gasteiger partial charge in [-0.3, -0.25) is 14.6 Å². The monoisotopic (exact) mass is 496 g/mol. The largest absolute Gasteiger partial charge is 0.492 e. The fraction of sp³-hybridized carbons (Fsp3) is 0.172. The minimum atomic E-state index is -0.321. The number of Topliss-reactive ketones (excluding diaryl/α,β-unsaturated/α-hetero) is 1. The fourth-order valence-corrected chi connectivity index (χ4v) is 4.23. The molecule has 2 heterocycles. The summed E-state index contributed by atoms with van der Waals surface area (Å²) in [6, 6.07) is 15.0. The molecule has 0 bridgehead atoms. The summed E-state index contributed by atoms with van der Waals surface area (Å²) >= 11 is 0. The predicted octanol–water partition coefficient (Wildman–Crippen LogP) is 4.51. The molecule has 0 radical (unpaired) electrons. The van der Waals surface area contributed by atoms with E-state index in [9.17, 15) is 14.0 Å². The Labute approximate surface area is 213 Å². The van der Waals surface area contributed by atoms with Crippen LogP contribution in [0.5, 0.6) is 5.75 Å². The molecule has 5 rings (SSSR count). The third kappa shape index (κ3) is 5.81.